The molecule has 1 rings (SSSR count). The fourth-order valence-corrected chi connectivity index (χ4v) is 1.48. The zero-order valence-electron chi connectivity index (χ0n) is 7.01. The quantitative estimate of drug-likeness (QED) is 0.576. The van der Waals surface area contributed by atoms with Gasteiger partial charge in [0.1, 0.15) is 0 Å². The van der Waals surface area contributed by atoms with Gasteiger partial charge in [0.15, 0.2) is 0 Å². The van der Waals surface area contributed by atoms with Crippen LogP contribution >= 0.6 is 0 Å². The Morgan fingerprint density at radius 1 is 1.55 bits per heavy atom. The SMILES string of the molecule is CNC1CCN(CC#N)CC1. The number of hydrogen-bond acceptors (Lipinski definition) is 3. The van der Waals surface area contributed by atoms with Gasteiger partial charge in [-0.25, -0.2) is 0 Å². The molecule has 0 unspecified atom stereocenters. The average molecular weight is 153 g/mol. The fourth-order valence-electron chi connectivity index (χ4n) is 1.48. The molecule has 0 atom stereocenters. The Hall–Kier alpha value is -0.590. The molecule has 3 nitrogen and oxygen atoms in total. The number of nitrogens with zero attached hydrogens (tertiary/aromatic N) is 2. The van der Waals surface area contributed by atoms with E-state index in [1.165, 1.54) is 12.8 Å². The lowest BCUT2D eigenvalue weighted by molar-refractivity contribution is 0.222. The monoisotopic (exact) mass is 153 g/mol. The van der Waals surface area contributed by atoms with Gasteiger partial charge in [0, 0.05) is 19.1 Å². The molecule has 0 aromatic carbocycles. The first kappa shape index (κ1) is 8.51. The lowest BCUT2D eigenvalue weighted by Gasteiger charge is -2.29. The van der Waals surface area contributed by atoms with Gasteiger partial charge >= 0.3 is 0 Å². The standard InChI is InChI=1S/C8H15N3/c1-10-8-2-5-11(6-3-8)7-4-9/h8,10H,2-3,5-7H2,1H3. The molecule has 1 fully saturated rings. The summed E-state index contributed by atoms with van der Waals surface area (Å²) in [5, 5.41) is 11.7. The van der Waals surface area contributed by atoms with Gasteiger partial charge < -0.3 is 5.32 Å². The normalized spacial score (nSPS) is 21.5. The number of piperidine rings is 1. The first-order valence-corrected chi connectivity index (χ1v) is 4.13. The first-order valence-electron chi connectivity index (χ1n) is 4.13. The van der Waals surface area contributed by atoms with Crippen LogP contribution in [0.15, 0.2) is 0 Å². The third kappa shape index (κ3) is 2.49. The lowest BCUT2D eigenvalue weighted by Crippen LogP contribution is -2.41. The van der Waals surface area contributed by atoms with Crippen LogP contribution in [0.3, 0.4) is 0 Å². The van der Waals surface area contributed by atoms with Crippen LogP contribution in [0.4, 0.5) is 0 Å². The van der Waals surface area contributed by atoms with Crippen LogP contribution in [0.5, 0.6) is 0 Å². The molecule has 0 bridgehead atoms. The summed E-state index contributed by atoms with van der Waals surface area (Å²) in [6, 6.07) is 2.85. The van der Waals surface area contributed by atoms with Crippen molar-refractivity contribution in [3.05, 3.63) is 0 Å². The van der Waals surface area contributed by atoms with Crippen molar-refractivity contribution in [1.29, 1.82) is 5.26 Å². The maximum absolute atomic E-state index is 8.43. The maximum Gasteiger partial charge on any atom is 0.0866 e. The Bertz CT molecular complexity index is 142. The summed E-state index contributed by atoms with van der Waals surface area (Å²) < 4.78 is 0. The summed E-state index contributed by atoms with van der Waals surface area (Å²) in [6.45, 7) is 2.73. The highest BCUT2D eigenvalue weighted by molar-refractivity contribution is 4.82. The number of hydrogen-bond donors (Lipinski definition) is 1. The molecular formula is C8H15N3. The van der Waals surface area contributed by atoms with Crippen molar-refractivity contribution in [3.63, 3.8) is 0 Å². The minimum absolute atomic E-state index is 0.594. The van der Waals surface area contributed by atoms with Crippen molar-refractivity contribution in [3.8, 4) is 6.07 Å². The van der Waals surface area contributed by atoms with Crippen LogP contribution < -0.4 is 5.32 Å². The van der Waals surface area contributed by atoms with Crippen LogP contribution in [0.1, 0.15) is 12.8 Å². The van der Waals surface area contributed by atoms with E-state index in [1.807, 2.05) is 7.05 Å². The third-order valence-electron chi connectivity index (χ3n) is 2.29. The van der Waals surface area contributed by atoms with Gasteiger partial charge in [-0.3, -0.25) is 4.90 Å². The van der Waals surface area contributed by atoms with Crippen molar-refractivity contribution < 1.29 is 0 Å². The van der Waals surface area contributed by atoms with Crippen molar-refractivity contribution in [2.75, 3.05) is 26.7 Å². The molecule has 11 heavy (non-hydrogen) atoms. The predicted octanol–water partition coefficient (Wildman–Crippen LogP) is 0.194. The van der Waals surface area contributed by atoms with Crippen LogP contribution in [0.2, 0.25) is 0 Å². The van der Waals surface area contributed by atoms with Crippen LogP contribution in [-0.4, -0.2) is 37.6 Å². The molecule has 0 amide bonds. The van der Waals surface area contributed by atoms with Crippen molar-refractivity contribution in [1.82, 2.24) is 10.2 Å². The molecule has 0 aliphatic carbocycles. The van der Waals surface area contributed by atoms with E-state index in [0.29, 0.717) is 12.6 Å². The molecule has 0 aromatic heterocycles. The Kier molecular flexibility index (Phi) is 3.34. The van der Waals surface area contributed by atoms with Crippen LogP contribution in [0, 0.1) is 11.3 Å². The highest BCUT2D eigenvalue weighted by Gasteiger charge is 2.16. The van der Waals surface area contributed by atoms with E-state index in [-0.39, 0.29) is 0 Å². The second-order valence-corrected chi connectivity index (χ2v) is 3.00. The van der Waals surface area contributed by atoms with Crippen LogP contribution in [-0.2, 0) is 0 Å². The van der Waals surface area contributed by atoms with E-state index < -0.39 is 0 Å². The van der Waals surface area contributed by atoms with E-state index in [2.05, 4.69) is 16.3 Å². The Morgan fingerprint density at radius 3 is 2.64 bits per heavy atom. The van der Waals surface area contributed by atoms with Gasteiger partial charge in [-0.2, -0.15) is 5.26 Å². The van der Waals surface area contributed by atoms with E-state index in [0.717, 1.165) is 13.1 Å². The van der Waals surface area contributed by atoms with Gasteiger partial charge in [0.25, 0.3) is 0 Å². The smallest absolute Gasteiger partial charge is 0.0866 e. The minimum atomic E-state index is 0.594. The molecule has 1 aliphatic heterocycles. The van der Waals surface area contributed by atoms with Gasteiger partial charge in [0.05, 0.1) is 12.6 Å². The highest BCUT2D eigenvalue weighted by Crippen LogP contribution is 2.08. The van der Waals surface area contributed by atoms with Crippen molar-refractivity contribution in [2.24, 2.45) is 0 Å². The second kappa shape index (κ2) is 4.32. The highest BCUT2D eigenvalue weighted by atomic mass is 15.1. The van der Waals surface area contributed by atoms with E-state index >= 15 is 0 Å². The van der Waals surface area contributed by atoms with E-state index in [1.54, 1.807) is 0 Å². The fraction of sp³-hybridized carbons (Fsp3) is 0.875. The number of nitrogens with one attached hydrogen (secondary N) is 1. The maximum atomic E-state index is 8.43. The number of rotatable bonds is 2. The third-order valence-corrected chi connectivity index (χ3v) is 2.29. The number of likely N-dealkylation sites (tertiary alicyclic amines) is 1. The Balaban J connectivity index is 2.20. The summed E-state index contributed by atoms with van der Waals surface area (Å²) >= 11 is 0. The summed E-state index contributed by atoms with van der Waals surface area (Å²) in [5.74, 6) is 0. The van der Waals surface area contributed by atoms with Crippen LogP contribution in [0.25, 0.3) is 0 Å². The summed E-state index contributed by atoms with van der Waals surface area (Å²) in [5.41, 5.74) is 0. The molecule has 0 spiro atoms. The first-order chi connectivity index (χ1) is 5.36. The number of nitriles is 1. The zero-order chi connectivity index (χ0) is 8.10. The lowest BCUT2D eigenvalue weighted by atomic mass is 10.1. The molecule has 62 valence electrons. The Labute approximate surface area is 68.0 Å². The van der Waals surface area contributed by atoms with Gasteiger partial charge in [0.2, 0.25) is 0 Å². The topological polar surface area (TPSA) is 39.1 Å². The molecule has 1 N–H and O–H groups in total. The molecule has 0 radical (unpaired) electrons. The molecule has 1 heterocycles. The van der Waals surface area contributed by atoms with E-state index in [4.69, 9.17) is 5.26 Å². The molecule has 1 saturated heterocycles. The second-order valence-electron chi connectivity index (χ2n) is 3.00. The summed E-state index contributed by atoms with van der Waals surface area (Å²) in [4.78, 5) is 2.20. The molecule has 0 saturated carbocycles. The summed E-state index contributed by atoms with van der Waals surface area (Å²) in [6.07, 6.45) is 2.36. The van der Waals surface area contributed by atoms with Crippen molar-refractivity contribution in [2.45, 2.75) is 18.9 Å². The average Bonchev–Trinajstić information content (AvgIpc) is 2.07. The molecule has 0 aromatic rings. The van der Waals surface area contributed by atoms with Gasteiger partial charge in [-0.15, -0.1) is 0 Å². The molecule has 1 aliphatic rings. The molecular weight excluding hydrogens is 138 g/mol. The van der Waals surface area contributed by atoms with E-state index in [9.17, 15) is 0 Å². The zero-order valence-corrected chi connectivity index (χ0v) is 7.01. The minimum Gasteiger partial charge on any atom is -0.317 e. The Morgan fingerprint density at radius 2 is 2.18 bits per heavy atom. The molecule has 3 heteroatoms. The predicted molar refractivity (Wildman–Crippen MR) is 44.1 cm³/mol. The summed E-state index contributed by atoms with van der Waals surface area (Å²) in [7, 11) is 2.00. The largest absolute Gasteiger partial charge is 0.317 e. The van der Waals surface area contributed by atoms with Gasteiger partial charge in [-0.05, 0) is 19.9 Å². The van der Waals surface area contributed by atoms with Crippen molar-refractivity contribution >= 4 is 0 Å². The van der Waals surface area contributed by atoms with Gasteiger partial charge in [-0.1, -0.05) is 0 Å².